The van der Waals surface area contributed by atoms with Crippen LogP contribution in [0, 0.1) is 0 Å². The van der Waals surface area contributed by atoms with E-state index in [1.807, 2.05) is 6.07 Å². The first-order valence-electron chi connectivity index (χ1n) is 6.11. The predicted molar refractivity (Wildman–Crippen MR) is 63.4 cm³/mol. The lowest BCUT2D eigenvalue weighted by Crippen LogP contribution is -2.15. The lowest BCUT2D eigenvalue weighted by Gasteiger charge is -1.97. The molecule has 1 saturated carbocycles. The second kappa shape index (κ2) is 4.37. The van der Waals surface area contributed by atoms with Crippen LogP contribution in [0.1, 0.15) is 31.4 Å². The third kappa shape index (κ3) is 2.26. The summed E-state index contributed by atoms with van der Waals surface area (Å²) in [6, 6.07) is 2.60. The third-order valence-corrected chi connectivity index (χ3v) is 3.00. The summed E-state index contributed by atoms with van der Waals surface area (Å²) in [7, 11) is 0. The van der Waals surface area contributed by atoms with Crippen LogP contribution in [0.15, 0.2) is 27.4 Å². The van der Waals surface area contributed by atoms with Crippen LogP contribution in [0.4, 0.5) is 0 Å². The Morgan fingerprint density at radius 3 is 3.12 bits per heavy atom. The number of furan rings is 1. The van der Waals surface area contributed by atoms with Crippen LogP contribution in [0.2, 0.25) is 0 Å². The molecule has 1 fully saturated rings. The lowest BCUT2D eigenvalue weighted by atomic mass is 10.2. The van der Waals surface area contributed by atoms with Gasteiger partial charge in [-0.1, -0.05) is 6.92 Å². The maximum absolute atomic E-state index is 5.72. The van der Waals surface area contributed by atoms with Crippen molar-refractivity contribution in [2.24, 2.45) is 0 Å². The van der Waals surface area contributed by atoms with E-state index in [0.29, 0.717) is 12.6 Å². The first kappa shape index (κ1) is 10.6. The SMILES string of the molecule is CCc1occc1-c1cnc(CNC2CC2)o1. The summed E-state index contributed by atoms with van der Waals surface area (Å²) in [5.41, 5.74) is 1.01. The van der Waals surface area contributed by atoms with E-state index in [0.717, 1.165) is 29.4 Å². The van der Waals surface area contributed by atoms with Gasteiger partial charge in [0.2, 0.25) is 5.89 Å². The van der Waals surface area contributed by atoms with Crippen LogP contribution in [-0.2, 0) is 13.0 Å². The van der Waals surface area contributed by atoms with Crippen molar-refractivity contribution >= 4 is 0 Å². The minimum atomic E-state index is 0.672. The summed E-state index contributed by atoms with van der Waals surface area (Å²) in [5.74, 6) is 2.49. The van der Waals surface area contributed by atoms with Gasteiger partial charge >= 0.3 is 0 Å². The summed E-state index contributed by atoms with van der Waals surface area (Å²) in [4.78, 5) is 4.28. The number of hydrogen-bond donors (Lipinski definition) is 1. The largest absolute Gasteiger partial charge is 0.469 e. The van der Waals surface area contributed by atoms with Gasteiger partial charge in [-0.15, -0.1) is 0 Å². The monoisotopic (exact) mass is 232 g/mol. The standard InChI is InChI=1S/C13H16N2O2/c1-2-11-10(5-6-16-11)12-7-15-13(17-12)8-14-9-3-4-9/h5-7,9,14H,2-4,8H2,1H3. The molecule has 1 aliphatic carbocycles. The number of aromatic nitrogens is 1. The van der Waals surface area contributed by atoms with Gasteiger partial charge in [-0.05, 0) is 18.9 Å². The predicted octanol–water partition coefficient (Wildman–Crippen LogP) is 2.75. The first-order valence-corrected chi connectivity index (χ1v) is 6.11. The molecule has 0 bridgehead atoms. The van der Waals surface area contributed by atoms with Crippen LogP contribution in [0.5, 0.6) is 0 Å². The molecule has 0 atom stereocenters. The Bertz CT molecular complexity index is 497. The van der Waals surface area contributed by atoms with Gasteiger partial charge in [0.25, 0.3) is 0 Å². The normalized spacial score (nSPS) is 15.4. The summed E-state index contributed by atoms with van der Waals surface area (Å²) in [6.07, 6.45) is 6.87. The van der Waals surface area contributed by atoms with Gasteiger partial charge in [-0.3, -0.25) is 0 Å². The molecule has 0 aliphatic heterocycles. The van der Waals surface area contributed by atoms with Crippen molar-refractivity contribution in [2.45, 2.75) is 38.8 Å². The summed E-state index contributed by atoms with van der Waals surface area (Å²) in [6.45, 7) is 2.78. The van der Waals surface area contributed by atoms with Crippen molar-refractivity contribution in [3.63, 3.8) is 0 Å². The summed E-state index contributed by atoms with van der Waals surface area (Å²) in [5, 5.41) is 3.38. The Kier molecular flexibility index (Phi) is 2.73. The van der Waals surface area contributed by atoms with Gasteiger partial charge in [0, 0.05) is 12.5 Å². The lowest BCUT2D eigenvalue weighted by molar-refractivity contribution is 0.473. The van der Waals surface area contributed by atoms with Crippen molar-refractivity contribution in [2.75, 3.05) is 0 Å². The number of rotatable bonds is 5. The van der Waals surface area contributed by atoms with E-state index in [4.69, 9.17) is 8.83 Å². The molecule has 0 unspecified atom stereocenters. The maximum Gasteiger partial charge on any atom is 0.208 e. The van der Waals surface area contributed by atoms with Gasteiger partial charge in [-0.25, -0.2) is 4.98 Å². The quantitative estimate of drug-likeness (QED) is 0.861. The first-order chi connectivity index (χ1) is 8.36. The minimum absolute atomic E-state index is 0.672. The number of aryl methyl sites for hydroxylation is 1. The van der Waals surface area contributed by atoms with Crippen molar-refractivity contribution in [3.05, 3.63) is 30.2 Å². The van der Waals surface area contributed by atoms with Gasteiger partial charge < -0.3 is 14.2 Å². The average molecular weight is 232 g/mol. The van der Waals surface area contributed by atoms with E-state index in [1.165, 1.54) is 12.8 Å². The molecule has 2 heterocycles. The van der Waals surface area contributed by atoms with Gasteiger partial charge in [-0.2, -0.15) is 0 Å². The molecule has 90 valence electrons. The highest BCUT2D eigenvalue weighted by Gasteiger charge is 2.21. The Balaban J connectivity index is 1.74. The molecule has 17 heavy (non-hydrogen) atoms. The molecule has 2 aromatic rings. The van der Waals surface area contributed by atoms with Crippen LogP contribution in [0.25, 0.3) is 11.3 Å². The smallest absolute Gasteiger partial charge is 0.208 e. The maximum atomic E-state index is 5.72. The van der Waals surface area contributed by atoms with Crippen molar-refractivity contribution in [1.82, 2.24) is 10.3 Å². The third-order valence-electron chi connectivity index (χ3n) is 3.00. The zero-order valence-electron chi connectivity index (χ0n) is 9.90. The van der Waals surface area contributed by atoms with Crippen LogP contribution in [-0.4, -0.2) is 11.0 Å². The molecule has 3 rings (SSSR count). The molecule has 0 amide bonds. The fourth-order valence-electron chi connectivity index (χ4n) is 1.87. The number of nitrogens with one attached hydrogen (secondary N) is 1. The molecule has 4 heteroatoms. The highest BCUT2D eigenvalue weighted by Crippen LogP contribution is 2.26. The number of nitrogens with zero attached hydrogens (tertiary/aromatic N) is 1. The van der Waals surface area contributed by atoms with E-state index in [9.17, 15) is 0 Å². The molecular weight excluding hydrogens is 216 g/mol. The zero-order valence-corrected chi connectivity index (χ0v) is 9.90. The van der Waals surface area contributed by atoms with Crippen LogP contribution >= 0.6 is 0 Å². The molecule has 2 aromatic heterocycles. The molecular formula is C13H16N2O2. The highest BCUT2D eigenvalue weighted by molar-refractivity contribution is 5.58. The Hall–Kier alpha value is -1.55. The zero-order chi connectivity index (χ0) is 11.7. The van der Waals surface area contributed by atoms with Gasteiger partial charge in [0.1, 0.15) is 5.76 Å². The van der Waals surface area contributed by atoms with E-state index < -0.39 is 0 Å². The highest BCUT2D eigenvalue weighted by atomic mass is 16.4. The van der Waals surface area contributed by atoms with Crippen LogP contribution < -0.4 is 5.32 Å². The van der Waals surface area contributed by atoms with E-state index in [-0.39, 0.29) is 0 Å². The topological polar surface area (TPSA) is 51.2 Å². The van der Waals surface area contributed by atoms with E-state index in [2.05, 4.69) is 17.2 Å². The second-order valence-electron chi connectivity index (χ2n) is 4.38. The Labute approximate surface area is 100 Å². The minimum Gasteiger partial charge on any atom is -0.469 e. The van der Waals surface area contributed by atoms with Gasteiger partial charge in [0.05, 0.1) is 24.6 Å². The molecule has 4 nitrogen and oxygen atoms in total. The van der Waals surface area contributed by atoms with Crippen LogP contribution in [0.3, 0.4) is 0 Å². The van der Waals surface area contributed by atoms with E-state index in [1.54, 1.807) is 12.5 Å². The van der Waals surface area contributed by atoms with Gasteiger partial charge in [0.15, 0.2) is 5.76 Å². The molecule has 0 radical (unpaired) electrons. The Morgan fingerprint density at radius 2 is 2.35 bits per heavy atom. The average Bonchev–Trinajstić information content (AvgIpc) is 2.89. The molecule has 0 saturated heterocycles. The molecule has 0 aromatic carbocycles. The fraction of sp³-hybridized carbons (Fsp3) is 0.462. The Morgan fingerprint density at radius 1 is 1.47 bits per heavy atom. The van der Waals surface area contributed by atoms with Crippen molar-refractivity contribution in [1.29, 1.82) is 0 Å². The summed E-state index contributed by atoms with van der Waals surface area (Å²) >= 11 is 0. The number of hydrogen-bond acceptors (Lipinski definition) is 4. The molecule has 0 spiro atoms. The molecule has 1 aliphatic rings. The van der Waals surface area contributed by atoms with E-state index >= 15 is 0 Å². The fourth-order valence-corrected chi connectivity index (χ4v) is 1.87. The summed E-state index contributed by atoms with van der Waals surface area (Å²) < 4.78 is 11.1. The number of oxazole rings is 1. The van der Waals surface area contributed by atoms with Crippen molar-refractivity contribution in [3.8, 4) is 11.3 Å². The molecule has 1 N–H and O–H groups in total. The second-order valence-corrected chi connectivity index (χ2v) is 4.38. The van der Waals surface area contributed by atoms with Crippen molar-refractivity contribution < 1.29 is 8.83 Å².